The molecule has 1 heterocycles. The van der Waals surface area contributed by atoms with E-state index in [0.717, 1.165) is 16.8 Å². The Balaban J connectivity index is 1.66. The summed E-state index contributed by atoms with van der Waals surface area (Å²) in [5, 5.41) is 5.14. The average Bonchev–Trinajstić information content (AvgIpc) is 3.29. The second-order valence-corrected chi connectivity index (χ2v) is 7.30. The summed E-state index contributed by atoms with van der Waals surface area (Å²) in [6.07, 6.45) is 4.79. The lowest BCUT2D eigenvalue weighted by Crippen LogP contribution is -2.07. The standard InChI is InChI=1S/C24H24N2O5S/c1-5-12-31-20-9-6-16(13-21(20)29-3)7-11-23(27)26-24-25-18(15-32-24)17-8-10-19(28-2)22(14-17)30-4/h5-11,13-15H,1,12H2,2-4H3,(H,25,26,27)/b11-7+. The molecule has 0 spiro atoms. The molecule has 7 nitrogen and oxygen atoms in total. The zero-order valence-electron chi connectivity index (χ0n) is 18.1. The molecule has 0 bridgehead atoms. The molecular weight excluding hydrogens is 428 g/mol. The molecule has 1 N–H and O–H groups in total. The molecule has 0 fully saturated rings. The Morgan fingerprint density at radius 1 is 1.03 bits per heavy atom. The van der Waals surface area contributed by atoms with Crippen LogP contribution in [0.4, 0.5) is 5.13 Å². The van der Waals surface area contributed by atoms with Crippen molar-refractivity contribution in [3.05, 3.63) is 66.1 Å². The number of aromatic nitrogens is 1. The van der Waals surface area contributed by atoms with E-state index in [1.54, 1.807) is 45.6 Å². The van der Waals surface area contributed by atoms with Gasteiger partial charge in [0.15, 0.2) is 28.1 Å². The van der Waals surface area contributed by atoms with E-state index in [9.17, 15) is 4.79 Å². The van der Waals surface area contributed by atoms with Gasteiger partial charge in [-0.15, -0.1) is 11.3 Å². The van der Waals surface area contributed by atoms with Crippen molar-refractivity contribution in [2.75, 3.05) is 33.3 Å². The highest BCUT2D eigenvalue weighted by atomic mass is 32.1. The van der Waals surface area contributed by atoms with Gasteiger partial charge < -0.3 is 18.9 Å². The molecule has 8 heteroatoms. The number of carbonyl (C=O) groups excluding carboxylic acids is 1. The van der Waals surface area contributed by atoms with Gasteiger partial charge in [-0.05, 0) is 42.0 Å². The number of nitrogens with one attached hydrogen (secondary N) is 1. The number of benzene rings is 2. The third-order valence-corrected chi connectivity index (χ3v) is 5.14. The van der Waals surface area contributed by atoms with Gasteiger partial charge in [0, 0.05) is 17.0 Å². The molecule has 32 heavy (non-hydrogen) atoms. The molecule has 3 aromatic rings. The van der Waals surface area contributed by atoms with Crippen molar-refractivity contribution < 1.29 is 23.7 Å². The molecular formula is C24H24N2O5S. The van der Waals surface area contributed by atoms with E-state index in [1.807, 2.05) is 29.6 Å². The highest BCUT2D eigenvalue weighted by Gasteiger charge is 2.10. The summed E-state index contributed by atoms with van der Waals surface area (Å²) in [6.45, 7) is 4.01. The largest absolute Gasteiger partial charge is 0.493 e. The third-order valence-electron chi connectivity index (χ3n) is 4.39. The first-order chi connectivity index (χ1) is 15.6. The molecule has 1 aromatic heterocycles. The van der Waals surface area contributed by atoms with E-state index in [2.05, 4.69) is 16.9 Å². The quantitative estimate of drug-likeness (QED) is 0.342. The number of ether oxygens (including phenoxy) is 4. The lowest BCUT2D eigenvalue weighted by atomic mass is 10.1. The van der Waals surface area contributed by atoms with E-state index in [4.69, 9.17) is 18.9 Å². The van der Waals surface area contributed by atoms with E-state index in [0.29, 0.717) is 34.7 Å². The summed E-state index contributed by atoms with van der Waals surface area (Å²) in [7, 11) is 4.73. The monoisotopic (exact) mass is 452 g/mol. The molecule has 2 aromatic carbocycles. The van der Waals surface area contributed by atoms with Gasteiger partial charge in [0.05, 0.1) is 27.0 Å². The summed E-state index contributed by atoms with van der Waals surface area (Å²) in [6, 6.07) is 11.0. The maximum atomic E-state index is 12.3. The molecule has 0 atom stereocenters. The van der Waals surface area contributed by atoms with Crippen LogP contribution in [-0.4, -0.2) is 38.8 Å². The highest BCUT2D eigenvalue weighted by Crippen LogP contribution is 2.33. The Bertz CT molecular complexity index is 1120. The van der Waals surface area contributed by atoms with E-state index in [1.165, 1.54) is 17.4 Å². The Labute approximate surface area is 190 Å². The van der Waals surface area contributed by atoms with Gasteiger partial charge in [0.25, 0.3) is 0 Å². The average molecular weight is 453 g/mol. The first-order valence-electron chi connectivity index (χ1n) is 9.66. The van der Waals surface area contributed by atoms with Crippen LogP contribution in [0.5, 0.6) is 23.0 Å². The fraction of sp³-hybridized carbons (Fsp3) is 0.167. The molecule has 0 saturated heterocycles. The number of rotatable bonds is 10. The Kier molecular flexibility index (Phi) is 7.88. The fourth-order valence-electron chi connectivity index (χ4n) is 2.83. The molecule has 1 amide bonds. The van der Waals surface area contributed by atoms with Crippen LogP contribution in [-0.2, 0) is 4.79 Å². The maximum Gasteiger partial charge on any atom is 0.250 e. The van der Waals surface area contributed by atoms with Crippen molar-refractivity contribution in [2.45, 2.75) is 0 Å². The van der Waals surface area contributed by atoms with Crippen molar-refractivity contribution >= 4 is 28.5 Å². The van der Waals surface area contributed by atoms with Gasteiger partial charge >= 0.3 is 0 Å². The normalized spacial score (nSPS) is 10.6. The van der Waals surface area contributed by atoms with Gasteiger partial charge in [-0.1, -0.05) is 18.7 Å². The van der Waals surface area contributed by atoms with Gasteiger partial charge in [-0.2, -0.15) is 0 Å². The van der Waals surface area contributed by atoms with Crippen LogP contribution in [0.3, 0.4) is 0 Å². The number of anilines is 1. The van der Waals surface area contributed by atoms with Crippen molar-refractivity contribution in [1.82, 2.24) is 4.98 Å². The molecule has 0 aliphatic carbocycles. The fourth-order valence-corrected chi connectivity index (χ4v) is 3.56. The summed E-state index contributed by atoms with van der Waals surface area (Å²) in [4.78, 5) is 16.8. The topological polar surface area (TPSA) is 78.9 Å². The third kappa shape index (κ3) is 5.67. The van der Waals surface area contributed by atoms with Crippen molar-refractivity contribution in [3.8, 4) is 34.3 Å². The van der Waals surface area contributed by atoms with Crippen LogP contribution in [0.1, 0.15) is 5.56 Å². The predicted octanol–water partition coefficient (Wildman–Crippen LogP) is 5.05. The first kappa shape index (κ1) is 22.9. The zero-order chi connectivity index (χ0) is 22.9. The van der Waals surface area contributed by atoms with Crippen LogP contribution in [0, 0.1) is 0 Å². The Hall–Kier alpha value is -3.78. The second-order valence-electron chi connectivity index (χ2n) is 6.44. The number of hydrogen-bond donors (Lipinski definition) is 1. The van der Waals surface area contributed by atoms with Crippen molar-refractivity contribution in [2.24, 2.45) is 0 Å². The van der Waals surface area contributed by atoms with Gasteiger partial charge in [0.1, 0.15) is 6.61 Å². The number of carbonyl (C=O) groups is 1. The van der Waals surface area contributed by atoms with E-state index < -0.39 is 0 Å². The summed E-state index contributed by atoms with van der Waals surface area (Å²) in [5.74, 6) is 2.16. The van der Waals surface area contributed by atoms with Crippen LogP contribution >= 0.6 is 11.3 Å². The molecule has 0 aliphatic heterocycles. The predicted molar refractivity (Wildman–Crippen MR) is 127 cm³/mol. The lowest BCUT2D eigenvalue weighted by Gasteiger charge is -2.09. The van der Waals surface area contributed by atoms with Crippen molar-refractivity contribution in [3.63, 3.8) is 0 Å². The van der Waals surface area contributed by atoms with Crippen molar-refractivity contribution in [1.29, 1.82) is 0 Å². The SMILES string of the molecule is C=CCOc1ccc(/C=C/C(=O)Nc2nc(-c3ccc(OC)c(OC)c3)cs2)cc1OC. The first-order valence-corrected chi connectivity index (χ1v) is 10.5. The van der Waals surface area contributed by atoms with Crippen LogP contribution in [0.25, 0.3) is 17.3 Å². The van der Waals surface area contributed by atoms with Gasteiger partial charge in [-0.3, -0.25) is 10.1 Å². The molecule has 0 aliphatic rings. The molecule has 3 rings (SSSR count). The Morgan fingerprint density at radius 2 is 1.75 bits per heavy atom. The molecule has 0 unspecified atom stereocenters. The number of nitrogens with zero attached hydrogens (tertiary/aromatic N) is 1. The zero-order valence-corrected chi connectivity index (χ0v) is 18.9. The van der Waals surface area contributed by atoms with Crippen LogP contribution in [0.2, 0.25) is 0 Å². The summed E-state index contributed by atoms with van der Waals surface area (Å²) >= 11 is 1.34. The Morgan fingerprint density at radius 3 is 2.47 bits per heavy atom. The summed E-state index contributed by atoms with van der Waals surface area (Å²) < 4.78 is 21.5. The van der Waals surface area contributed by atoms with E-state index in [-0.39, 0.29) is 5.91 Å². The number of hydrogen-bond acceptors (Lipinski definition) is 7. The van der Waals surface area contributed by atoms with E-state index >= 15 is 0 Å². The number of thiazole rings is 1. The van der Waals surface area contributed by atoms with Gasteiger partial charge in [0.2, 0.25) is 5.91 Å². The van der Waals surface area contributed by atoms with Gasteiger partial charge in [-0.25, -0.2) is 4.98 Å². The lowest BCUT2D eigenvalue weighted by molar-refractivity contribution is -0.111. The maximum absolute atomic E-state index is 12.3. The molecule has 0 saturated carbocycles. The number of amides is 1. The minimum Gasteiger partial charge on any atom is -0.493 e. The second kappa shape index (κ2) is 11.0. The highest BCUT2D eigenvalue weighted by molar-refractivity contribution is 7.14. The minimum atomic E-state index is -0.288. The van der Waals surface area contributed by atoms with Crippen LogP contribution in [0.15, 0.2) is 60.5 Å². The summed E-state index contributed by atoms with van der Waals surface area (Å²) in [5.41, 5.74) is 2.39. The molecule has 0 radical (unpaired) electrons. The smallest absolute Gasteiger partial charge is 0.250 e. The number of methoxy groups -OCH3 is 3. The minimum absolute atomic E-state index is 0.288. The molecule has 166 valence electrons. The van der Waals surface area contributed by atoms with Crippen LogP contribution < -0.4 is 24.3 Å².